The van der Waals surface area contributed by atoms with E-state index in [9.17, 15) is 4.79 Å². The first-order valence-electron chi connectivity index (χ1n) is 8.64. The van der Waals surface area contributed by atoms with Gasteiger partial charge in [0.05, 0.1) is 21.3 Å². The number of thiazole rings is 1. The van der Waals surface area contributed by atoms with Crippen molar-refractivity contribution in [1.82, 2.24) is 10.1 Å². The second kappa shape index (κ2) is 6.58. The molecule has 0 saturated heterocycles. The SMILES string of the molecule is O=C(Nc1nc2ccc(Cl)cc2s1)C1(c2cc(-c3ccc(Cl)cc3)on2)CC1. The molecule has 1 fully saturated rings. The third-order valence-electron chi connectivity index (χ3n) is 4.88. The van der Waals surface area contributed by atoms with Gasteiger partial charge in [0.15, 0.2) is 10.9 Å². The quantitative estimate of drug-likeness (QED) is 0.436. The van der Waals surface area contributed by atoms with E-state index >= 15 is 0 Å². The molecule has 1 N–H and O–H groups in total. The van der Waals surface area contributed by atoms with Crippen LogP contribution in [0, 0.1) is 0 Å². The Labute approximate surface area is 174 Å². The highest BCUT2D eigenvalue weighted by atomic mass is 35.5. The van der Waals surface area contributed by atoms with Crippen molar-refractivity contribution in [1.29, 1.82) is 0 Å². The summed E-state index contributed by atoms with van der Waals surface area (Å²) in [6, 6.07) is 14.6. The van der Waals surface area contributed by atoms with Crippen LogP contribution in [0.1, 0.15) is 18.5 Å². The lowest BCUT2D eigenvalue weighted by Crippen LogP contribution is -2.28. The van der Waals surface area contributed by atoms with Crippen molar-refractivity contribution in [2.24, 2.45) is 0 Å². The van der Waals surface area contributed by atoms with Crippen LogP contribution in [0.15, 0.2) is 53.1 Å². The molecule has 0 bridgehead atoms. The fraction of sp³-hybridized carbons (Fsp3) is 0.150. The summed E-state index contributed by atoms with van der Waals surface area (Å²) in [6.07, 6.45) is 1.45. The van der Waals surface area contributed by atoms with E-state index in [1.54, 1.807) is 18.2 Å². The number of benzene rings is 2. The Bertz CT molecular complexity index is 1200. The van der Waals surface area contributed by atoms with Gasteiger partial charge in [-0.1, -0.05) is 39.7 Å². The topological polar surface area (TPSA) is 68.0 Å². The van der Waals surface area contributed by atoms with Crippen LogP contribution in [0.4, 0.5) is 5.13 Å². The lowest BCUT2D eigenvalue weighted by atomic mass is 10.0. The highest BCUT2D eigenvalue weighted by Gasteiger charge is 2.54. The average Bonchev–Trinajstić information content (AvgIpc) is 3.17. The molecule has 5 rings (SSSR count). The van der Waals surface area contributed by atoms with Crippen LogP contribution >= 0.6 is 34.5 Å². The molecular weight excluding hydrogens is 417 g/mol. The van der Waals surface area contributed by atoms with Crippen LogP contribution in [0.25, 0.3) is 21.5 Å². The Balaban J connectivity index is 1.39. The van der Waals surface area contributed by atoms with Crippen molar-refractivity contribution < 1.29 is 9.32 Å². The van der Waals surface area contributed by atoms with E-state index in [1.807, 2.05) is 30.3 Å². The van der Waals surface area contributed by atoms with E-state index < -0.39 is 5.41 Å². The summed E-state index contributed by atoms with van der Waals surface area (Å²) in [5.74, 6) is 0.494. The van der Waals surface area contributed by atoms with Gasteiger partial charge in [0, 0.05) is 21.7 Å². The number of hydrogen-bond acceptors (Lipinski definition) is 5. The molecule has 2 aromatic heterocycles. The van der Waals surface area contributed by atoms with Crippen LogP contribution in [-0.4, -0.2) is 16.0 Å². The van der Waals surface area contributed by atoms with Crippen molar-refractivity contribution in [2.45, 2.75) is 18.3 Å². The molecule has 0 spiro atoms. The van der Waals surface area contributed by atoms with Gasteiger partial charge in [0.1, 0.15) is 0 Å². The van der Waals surface area contributed by atoms with Crippen molar-refractivity contribution in [2.75, 3.05) is 5.32 Å². The van der Waals surface area contributed by atoms with Gasteiger partial charge in [0.25, 0.3) is 0 Å². The molecule has 5 nitrogen and oxygen atoms in total. The van der Waals surface area contributed by atoms with Gasteiger partial charge in [-0.05, 0) is 55.3 Å². The van der Waals surface area contributed by atoms with Crippen molar-refractivity contribution in [3.8, 4) is 11.3 Å². The highest BCUT2D eigenvalue weighted by molar-refractivity contribution is 7.22. The molecule has 0 atom stereocenters. The molecule has 1 aliphatic rings. The number of amides is 1. The molecule has 2 heterocycles. The van der Waals surface area contributed by atoms with E-state index in [1.165, 1.54) is 11.3 Å². The van der Waals surface area contributed by atoms with Gasteiger partial charge in [-0.25, -0.2) is 4.98 Å². The summed E-state index contributed by atoms with van der Waals surface area (Å²) in [5.41, 5.74) is 1.64. The Morgan fingerprint density at radius 1 is 1.07 bits per heavy atom. The lowest BCUT2D eigenvalue weighted by Gasteiger charge is -2.10. The molecule has 1 aliphatic carbocycles. The molecule has 0 aliphatic heterocycles. The van der Waals surface area contributed by atoms with Gasteiger partial charge in [-0.2, -0.15) is 0 Å². The number of fused-ring (bicyclic) bond motifs is 1. The second-order valence-electron chi connectivity index (χ2n) is 6.75. The molecule has 1 amide bonds. The summed E-state index contributed by atoms with van der Waals surface area (Å²) in [7, 11) is 0. The second-order valence-corrected chi connectivity index (χ2v) is 8.65. The molecule has 28 heavy (non-hydrogen) atoms. The number of carbonyl (C=O) groups is 1. The van der Waals surface area contributed by atoms with E-state index in [0.29, 0.717) is 26.6 Å². The minimum atomic E-state index is -0.663. The predicted octanol–water partition coefficient (Wildman–Crippen LogP) is 5.93. The lowest BCUT2D eigenvalue weighted by molar-refractivity contribution is -0.118. The zero-order valence-corrected chi connectivity index (χ0v) is 16.7. The molecule has 2 aromatic carbocycles. The van der Waals surface area contributed by atoms with Gasteiger partial charge >= 0.3 is 0 Å². The van der Waals surface area contributed by atoms with Gasteiger partial charge < -0.3 is 9.84 Å². The largest absolute Gasteiger partial charge is 0.356 e. The Morgan fingerprint density at radius 2 is 1.82 bits per heavy atom. The molecule has 0 unspecified atom stereocenters. The van der Waals surface area contributed by atoms with Crippen LogP contribution in [0.5, 0.6) is 0 Å². The number of hydrogen-bond donors (Lipinski definition) is 1. The normalized spacial score (nSPS) is 14.9. The number of anilines is 1. The minimum Gasteiger partial charge on any atom is -0.356 e. The van der Waals surface area contributed by atoms with Gasteiger partial charge in [-0.15, -0.1) is 0 Å². The van der Waals surface area contributed by atoms with E-state index in [-0.39, 0.29) is 5.91 Å². The number of nitrogens with one attached hydrogen (secondary N) is 1. The summed E-state index contributed by atoms with van der Waals surface area (Å²) in [5, 5.41) is 8.94. The third-order valence-corrected chi connectivity index (χ3v) is 6.31. The number of rotatable bonds is 4. The first-order valence-corrected chi connectivity index (χ1v) is 10.2. The average molecular weight is 430 g/mol. The van der Waals surface area contributed by atoms with Gasteiger partial charge in [0.2, 0.25) is 5.91 Å². The van der Waals surface area contributed by atoms with E-state index in [0.717, 1.165) is 28.6 Å². The smallest absolute Gasteiger partial charge is 0.238 e. The fourth-order valence-electron chi connectivity index (χ4n) is 3.14. The Morgan fingerprint density at radius 3 is 2.57 bits per heavy atom. The molecule has 1 saturated carbocycles. The highest BCUT2D eigenvalue weighted by Crippen LogP contribution is 2.49. The number of halogens is 2. The first kappa shape index (κ1) is 17.7. The van der Waals surface area contributed by atoms with Crippen molar-refractivity contribution >= 4 is 55.8 Å². The molecular formula is C20H13Cl2N3O2S. The van der Waals surface area contributed by atoms with Crippen molar-refractivity contribution in [3.63, 3.8) is 0 Å². The fourth-order valence-corrected chi connectivity index (χ4v) is 4.41. The van der Waals surface area contributed by atoms with Crippen molar-refractivity contribution in [3.05, 3.63) is 64.3 Å². The number of nitrogens with zero attached hydrogens (tertiary/aromatic N) is 2. The van der Waals surface area contributed by atoms with Crippen LogP contribution in [0.3, 0.4) is 0 Å². The standard InChI is InChI=1S/C20H13Cl2N3O2S/c21-12-3-1-11(2-4-12)15-10-17(25-27-15)20(7-8-20)18(26)24-19-23-14-6-5-13(22)9-16(14)28-19/h1-6,9-10H,7-8H2,(H,23,24,26). The zero-order valence-electron chi connectivity index (χ0n) is 14.4. The third kappa shape index (κ3) is 3.07. The summed E-state index contributed by atoms with van der Waals surface area (Å²) in [4.78, 5) is 17.4. The minimum absolute atomic E-state index is 0.117. The Hall–Kier alpha value is -2.41. The first-order chi connectivity index (χ1) is 13.5. The molecule has 8 heteroatoms. The van der Waals surface area contributed by atoms with E-state index in [4.69, 9.17) is 27.7 Å². The van der Waals surface area contributed by atoms with Crippen LogP contribution < -0.4 is 5.32 Å². The zero-order chi connectivity index (χ0) is 19.3. The Kier molecular flexibility index (Phi) is 4.16. The van der Waals surface area contributed by atoms with E-state index in [2.05, 4.69) is 15.5 Å². The maximum absolute atomic E-state index is 13.0. The maximum atomic E-state index is 13.0. The summed E-state index contributed by atoms with van der Waals surface area (Å²) < 4.78 is 6.41. The molecule has 0 radical (unpaired) electrons. The number of carbonyl (C=O) groups excluding carboxylic acids is 1. The number of aromatic nitrogens is 2. The van der Waals surface area contributed by atoms with Crippen LogP contribution in [-0.2, 0) is 10.2 Å². The summed E-state index contributed by atoms with van der Waals surface area (Å²) >= 11 is 13.4. The maximum Gasteiger partial charge on any atom is 0.238 e. The monoisotopic (exact) mass is 429 g/mol. The molecule has 140 valence electrons. The predicted molar refractivity (Wildman–Crippen MR) is 111 cm³/mol. The van der Waals surface area contributed by atoms with Gasteiger partial charge in [-0.3, -0.25) is 4.79 Å². The molecule has 4 aromatic rings. The summed E-state index contributed by atoms with van der Waals surface area (Å²) in [6.45, 7) is 0. The van der Waals surface area contributed by atoms with Crippen LogP contribution in [0.2, 0.25) is 10.0 Å².